The van der Waals surface area contributed by atoms with Gasteiger partial charge in [-0.05, 0) is 24.3 Å². The van der Waals surface area contributed by atoms with E-state index in [0.29, 0.717) is 17.3 Å². The van der Waals surface area contributed by atoms with Crippen molar-refractivity contribution in [3.63, 3.8) is 0 Å². The fourth-order valence-corrected chi connectivity index (χ4v) is 2.61. The van der Waals surface area contributed by atoms with E-state index in [1.807, 2.05) is 48.5 Å². The summed E-state index contributed by atoms with van der Waals surface area (Å²) in [6.07, 6.45) is 0. The number of pyridine rings is 1. The van der Waals surface area contributed by atoms with E-state index in [9.17, 15) is 4.79 Å². The highest BCUT2D eigenvalue weighted by atomic mass is 16.5. The molecule has 6 nitrogen and oxygen atoms in total. The average molecular weight is 345 g/mol. The lowest BCUT2D eigenvalue weighted by Crippen LogP contribution is -2.12. The van der Waals surface area contributed by atoms with Gasteiger partial charge < -0.3 is 14.6 Å². The first-order valence-corrected chi connectivity index (χ1v) is 8.01. The predicted molar refractivity (Wildman–Crippen MR) is 98.2 cm³/mol. The molecule has 1 N–H and O–H groups in total. The second kappa shape index (κ2) is 6.68. The van der Waals surface area contributed by atoms with Crippen molar-refractivity contribution in [1.82, 2.24) is 10.1 Å². The largest absolute Gasteiger partial charge is 0.481 e. The van der Waals surface area contributed by atoms with Crippen molar-refractivity contribution in [3.05, 3.63) is 72.4 Å². The Balaban J connectivity index is 1.55. The van der Waals surface area contributed by atoms with Crippen molar-refractivity contribution < 1.29 is 14.1 Å². The van der Waals surface area contributed by atoms with Gasteiger partial charge in [0, 0.05) is 28.8 Å². The number of hydrogen-bond acceptors (Lipinski definition) is 5. The first kappa shape index (κ1) is 15.8. The van der Waals surface area contributed by atoms with Crippen LogP contribution < -0.4 is 10.1 Å². The summed E-state index contributed by atoms with van der Waals surface area (Å²) >= 11 is 0. The lowest BCUT2D eigenvalue weighted by Gasteiger charge is -2.05. The summed E-state index contributed by atoms with van der Waals surface area (Å²) < 4.78 is 10.4. The average Bonchev–Trinajstić information content (AvgIpc) is 3.18. The molecule has 26 heavy (non-hydrogen) atoms. The molecule has 0 saturated heterocycles. The molecule has 1 amide bonds. The molecule has 0 spiro atoms. The minimum Gasteiger partial charge on any atom is -0.481 e. The molecule has 4 aromatic rings. The van der Waals surface area contributed by atoms with Gasteiger partial charge in [-0.3, -0.25) is 4.79 Å². The van der Waals surface area contributed by atoms with Gasteiger partial charge in [0.2, 0.25) is 5.88 Å². The quantitative estimate of drug-likeness (QED) is 0.601. The maximum atomic E-state index is 12.4. The maximum Gasteiger partial charge on any atom is 0.277 e. The monoisotopic (exact) mass is 345 g/mol. The number of nitrogens with one attached hydrogen (secondary N) is 1. The van der Waals surface area contributed by atoms with E-state index in [1.54, 1.807) is 25.3 Å². The van der Waals surface area contributed by atoms with Gasteiger partial charge in [0.05, 0.1) is 12.6 Å². The third-order valence-electron chi connectivity index (χ3n) is 3.93. The molecule has 0 aliphatic rings. The van der Waals surface area contributed by atoms with Crippen molar-refractivity contribution in [1.29, 1.82) is 0 Å². The van der Waals surface area contributed by atoms with Crippen LogP contribution in [0.3, 0.4) is 0 Å². The number of anilines is 1. The second-order valence-electron chi connectivity index (χ2n) is 5.66. The van der Waals surface area contributed by atoms with Gasteiger partial charge in [0.15, 0.2) is 11.5 Å². The number of rotatable bonds is 4. The Morgan fingerprint density at radius 2 is 1.88 bits per heavy atom. The van der Waals surface area contributed by atoms with Crippen LogP contribution in [0.25, 0.3) is 22.2 Å². The third-order valence-corrected chi connectivity index (χ3v) is 3.93. The summed E-state index contributed by atoms with van der Waals surface area (Å²) in [6.45, 7) is 0. The van der Waals surface area contributed by atoms with Crippen LogP contribution in [0.2, 0.25) is 0 Å². The number of benzene rings is 2. The predicted octanol–water partition coefficient (Wildman–Crippen LogP) is 4.15. The fourth-order valence-electron chi connectivity index (χ4n) is 2.61. The van der Waals surface area contributed by atoms with Gasteiger partial charge in [0.1, 0.15) is 0 Å². The molecule has 128 valence electrons. The number of methoxy groups -OCH3 is 1. The van der Waals surface area contributed by atoms with E-state index < -0.39 is 0 Å². The van der Waals surface area contributed by atoms with E-state index in [4.69, 9.17) is 9.26 Å². The molecule has 0 aliphatic heterocycles. The van der Waals surface area contributed by atoms with Crippen molar-refractivity contribution in [3.8, 4) is 17.2 Å². The molecule has 6 heteroatoms. The van der Waals surface area contributed by atoms with E-state index >= 15 is 0 Å². The number of nitrogens with zero attached hydrogens (tertiary/aromatic N) is 2. The van der Waals surface area contributed by atoms with E-state index in [-0.39, 0.29) is 11.6 Å². The smallest absolute Gasteiger partial charge is 0.277 e. The molecule has 0 radical (unpaired) electrons. The number of carbonyl (C=O) groups excluding carboxylic acids is 1. The Morgan fingerprint density at radius 1 is 1.04 bits per heavy atom. The SMILES string of the molecule is COc1ccc2cc(NC(=O)c3cc(-c4ccccc4)on3)ccc2n1. The van der Waals surface area contributed by atoms with Gasteiger partial charge in [-0.1, -0.05) is 35.5 Å². The number of aromatic nitrogens is 2. The van der Waals surface area contributed by atoms with Crippen LogP contribution in [-0.2, 0) is 0 Å². The maximum absolute atomic E-state index is 12.4. The molecule has 0 saturated carbocycles. The zero-order valence-electron chi connectivity index (χ0n) is 14.0. The van der Waals surface area contributed by atoms with Crippen molar-refractivity contribution in [2.24, 2.45) is 0 Å². The topological polar surface area (TPSA) is 77.2 Å². The minimum atomic E-state index is -0.336. The molecule has 0 bridgehead atoms. The number of hydrogen-bond donors (Lipinski definition) is 1. The highest BCUT2D eigenvalue weighted by Crippen LogP contribution is 2.22. The molecule has 0 unspecified atom stereocenters. The van der Waals surface area contributed by atoms with Gasteiger partial charge in [-0.15, -0.1) is 0 Å². The fraction of sp³-hybridized carbons (Fsp3) is 0.0500. The Labute approximate surface area is 149 Å². The standard InChI is InChI=1S/C20H15N3O3/c1-25-19-10-7-14-11-15(8-9-16(14)22-19)21-20(24)17-12-18(26-23-17)13-5-3-2-4-6-13/h2-12H,1H3,(H,21,24). The molecule has 2 aromatic carbocycles. The molecule has 0 atom stereocenters. The van der Waals surface area contributed by atoms with Crippen molar-refractivity contribution in [2.75, 3.05) is 12.4 Å². The van der Waals surface area contributed by atoms with Crippen LogP contribution in [0, 0.1) is 0 Å². The van der Waals surface area contributed by atoms with Gasteiger partial charge in [0.25, 0.3) is 5.91 Å². The van der Waals surface area contributed by atoms with Crippen molar-refractivity contribution in [2.45, 2.75) is 0 Å². The minimum absolute atomic E-state index is 0.219. The molecule has 0 aliphatic carbocycles. The number of amides is 1. The normalized spacial score (nSPS) is 10.7. The summed E-state index contributed by atoms with van der Waals surface area (Å²) in [7, 11) is 1.57. The first-order chi connectivity index (χ1) is 12.7. The summed E-state index contributed by atoms with van der Waals surface area (Å²) in [6, 6.07) is 20.2. The summed E-state index contributed by atoms with van der Waals surface area (Å²) in [5.74, 6) is 0.757. The van der Waals surface area contributed by atoms with Crippen LogP contribution >= 0.6 is 0 Å². The Bertz CT molecular complexity index is 1070. The van der Waals surface area contributed by atoms with Crippen LogP contribution in [0.4, 0.5) is 5.69 Å². The zero-order chi connectivity index (χ0) is 17.9. The van der Waals surface area contributed by atoms with Crippen LogP contribution in [-0.4, -0.2) is 23.2 Å². The zero-order valence-corrected chi connectivity index (χ0v) is 14.0. The van der Waals surface area contributed by atoms with E-state index in [1.165, 1.54) is 0 Å². The molecular formula is C20H15N3O3. The van der Waals surface area contributed by atoms with Crippen LogP contribution in [0.5, 0.6) is 5.88 Å². The van der Waals surface area contributed by atoms with Gasteiger partial charge in [-0.25, -0.2) is 4.98 Å². The number of carbonyl (C=O) groups is 1. The lowest BCUT2D eigenvalue weighted by atomic mass is 10.1. The molecule has 4 rings (SSSR count). The van der Waals surface area contributed by atoms with E-state index in [0.717, 1.165) is 16.5 Å². The Hall–Kier alpha value is -3.67. The Kier molecular flexibility index (Phi) is 4.07. The van der Waals surface area contributed by atoms with Crippen molar-refractivity contribution >= 4 is 22.5 Å². The number of ether oxygens (including phenoxy) is 1. The molecular weight excluding hydrogens is 330 g/mol. The summed E-state index contributed by atoms with van der Waals surface area (Å²) in [5, 5.41) is 7.58. The molecule has 0 fully saturated rings. The summed E-state index contributed by atoms with van der Waals surface area (Å²) in [4.78, 5) is 16.8. The number of fused-ring (bicyclic) bond motifs is 1. The highest BCUT2D eigenvalue weighted by Gasteiger charge is 2.14. The summed E-state index contributed by atoms with van der Waals surface area (Å²) in [5.41, 5.74) is 2.52. The van der Waals surface area contributed by atoms with Crippen LogP contribution in [0.15, 0.2) is 71.3 Å². The lowest BCUT2D eigenvalue weighted by molar-refractivity contribution is 0.101. The Morgan fingerprint density at radius 3 is 2.69 bits per heavy atom. The second-order valence-corrected chi connectivity index (χ2v) is 5.66. The van der Waals surface area contributed by atoms with E-state index in [2.05, 4.69) is 15.5 Å². The molecule has 2 heterocycles. The van der Waals surface area contributed by atoms with Crippen LogP contribution in [0.1, 0.15) is 10.5 Å². The van der Waals surface area contributed by atoms with Gasteiger partial charge in [-0.2, -0.15) is 0 Å². The third kappa shape index (κ3) is 3.12. The van der Waals surface area contributed by atoms with Gasteiger partial charge >= 0.3 is 0 Å². The highest BCUT2D eigenvalue weighted by molar-refractivity contribution is 6.04. The first-order valence-electron chi connectivity index (χ1n) is 8.01. The molecule has 2 aromatic heterocycles.